The largest absolute Gasteiger partial charge is 0.462 e. The molecule has 0 aliphatic carbocycles. The van der Waals surface area contributed by atoms with Crippen LogP contribution in [-0.4, -0.2) is 22.2 Å². The molecule has 0 saturated heterocycles. The van der Waals surface area contributed by atoms with E-state index in [1.807, 2.05) is 0 Å². The maximum absolute atomic E-state index is 11.5. The number of esters is 1. The molecule has 2 aromatic heterocycles. The van der Waals surface area contributed by atoms with Crippen LogP contribution in [0.5, 0.6) is 0 Å². The van der Waals surface area contributed by atoms with Crippen molar-refractivity contribution in [1.82, 2.24) is 9.61 Å². The van der Waals surface area contributed by atoms with Gasteiger partial charge in [-0.25, -0.2) is 9.31 Å². The number of carbonyl (C=O) groups excluding carboxylic acids is 1. The van der Waals surface area contributed by atoms with E-state index in [9.17, 15) is 4.79 Å². The van der Waals surface area contributed by atoms with Gasteiger partial charge in [0.05, 0.1) is 23.3 Å². The Morgan fingerprint density at radius 3 is 3.13 bits per heavy atom. The lowest BCUT2D eigenvalue weighted by Crippen LogP contribution is -2.03. The van der Waals surface area contributed by atoms with Crippen molar-refractivity contribution in [1.29, 1.82) is 0 Å². The highest BCUT2D eigenvalue weighted by molar-refractivity contribution is 6.30. The second-order valence-electron chi connectivity index (χ2n) is 2.96. The van der Waals surface area contributed by atoms with Crippen molar-refractivity contribution in [2.45, 2.75) is 6.92 Å². The lowest BCUT2D eigenvalue weighted by Gasteiger charge is -1.99. The molecule has 2 aromatic rings. The van der Waals surface area contributed by atoms with Crippen molar-refractivity contribution < 1.29 is 9.53 Å². The van der Waals surface area contributed by atoms with Gasteiger partial charge in [0.25, 0.3) is 0 Å². The van der Waals surface area contributed by atoms with Crippen LogP contribution in [0, 0.1) is 0 Å². The molecule has 0 atom stereocenters. The first kappa shape index (κ1) is 9.98. The summed E-state index contributed by atoms with van der Waals surface area (Å²) >= 11 is 5.79. The molecule has 0 radical (unpaired) electrons. The Morgan fingerprint density at radius 2 is 2.40 bits per heavy atom. The molecule has 78 valence electrons. The van der Waals surface area contributed by atoms with Gasteiger partial charge in [-0.2, -0.15) is 5.10 Å². The van der Waals surface area contributed by atoms with Crippen molar-refractivity contribution in [2.75, 3.05) is 6.61 Å². The molecule has 15 heavy (non-hydrogen) atoms. The molecular weight excluding hydrogens is 216 g/mol. The first-order valence-corrected chi connectivity index (χ1v) is 4.90. The van der Waals surface area contributed by atoms with Gasteiger partial charge >= 0.3 is 5.97 Å². The lowest BCUT2D eigenvalue weighted by atomic mass is 10.3. The van der Waals surface area contributed by atoms with Crippen LogP contribution in [0.2, 0.25) is 5.02 Å². The number of carbonyl (C=O) groups is 1. The topological polar surface area (TPSA) is 43.6 Å². The SMILES string of the molecule is CCOC(=O)c1cnn2cc(Cl)ccc12. The van der Waals surface area contributed by atoms with Crippen LogP contribution in [0.15, 0.2) is 24.5 Å². The van der Waals surface area contributed by atoms with Gasteiger partial charge in [-0.1, -0.05) is 11.6 Å². The van der Waals surface area contributed by atoms with E-state index in [4.69, 9.17) is 16.3 Å². The molecule has 0 unspecified atom stereocenters. The van der Waals surface area contributed by atoms with Gasteiger partial charge in [0.1, 0.15) is 5.56 Å². The number of nitrogens with zero attached hydrogens (tertiary/aromatic N) is 2. The molecule has 2 heterocycles. The number of halogens is 1. The second kappa shape index (κ2) is 3.90. The predicted octanol–water partition coefficient (Wildman–Crippen LogP) is 2.16. The molecule has 0 amide bonds. The second-order valence-corrected chi connectivity index (χ2v) is 3.39. The standard InChI is InChI=1S/C10H9ClN2O2/c1-2-15-10(14)8-5-12-13-6-7(11)3-4-9(8)13/h3-6H,2H2,1H3. The zero-order valence-electron chi connectivity index (χ0n) is 8.11. The van der Waals surface area contributed by atoms with Gasteiger partial charge in [0, 0.05) is 6.20 Å². The molecule has 2 rings (SSSR count). The fourth-order valence-corrected chi connectivity index (χ4v) is 1.48. The average molecular weight is 225 g/mol. The predicted molar refractivity (Wildman–Crippen MR) is 56.2 cm³/mol. The monoisotopic (exact) mass is 224 g/mol. The molecule has 0 aromatic carbocycles. The van der Waals surface area contributed by atoms with E-state index >= 15 is 0 Å². The third kappa shape index (κ3) is 1.80. The summed E-state index contributed by atoms with van der Waals surface area (Å²) in [5.41, 5.74) is 1.14. The Kier molecular flexibility index (Phi) is 2.60. The van der Waals surface area contributed by atoms with Gasteiger partial charge in [-0.3, -0.25) is 0 Å². The highest BCUT2D eigenvalue weighted by Gasteiger charge is 2.13. The number of fused-ring (bicyclic) bond motifs is 1. The van der Waals surface area contributed by atoms with Crippen LogP contribution in [0.1, 0.15) is 17.3 Å². The number of hydrogen-bond donors (Lipinski definition) is 0. The van der Waals surface area contributed by atoms with E-state index in [1.165, 1.54) is 6.20 Å². The average Bonchev–Trinajstić information content (AvgIpc) is 2.60. The Bertz CT molecular complexity index is 507. The van der Waals surface area contributed by atoms with Crippen molar-refractivity contribution in [3.8, 4) is 0 Å². The van der Waals surface area contributed by atoms with E-state index in [0.29, 0.717) is 22.7 Å². The van der Waals surface area contributed by atoms with Gasteiger partial charge in [0.2, 0.25) is 0 Å². The summed E-state index contributed by atoms with van der Waals surface area (Å²) in [7, 11) is 0. The van der Waals surface area contributed by atoms with Gasteiger partial charge in [-0.05, 0) is 19.1 Å². The van der Waals surface area contributed by atoms with Crippen LogP contribution in [0.4, 0.5) is 0 Å². The third-order valence-corrected chi connectivity index (χ3v) is 2.20. The zero-order valence-corrected chi connectivity index (χ0v) is 8.86. The van der Waals surface area contributed by atoms with Crippen LogP contribution in [0.3, 0.4) is 0 Å². The number of rotatable bonds is 2. The minimum Gasteiger partial charge on any atom is -0.462 e. The first-order valence-electron chi connectivity index (χ1n) is 4.52. The van der Waals surface area contributed by atoms with Crippen LogP contribution < -0.4 is 0 Å². The fraction of sp³-hybridized carbons (Fsp3) is 0.200. The summed E-state index contributed by atoms with van der Waals surface area (Å²) in [6.07, 6.45) is 3.11. The molecule has 5 heteroatoms. The van der Waals surface area contributed by atoms with Crippen molar-refractivity contribution in [3.63, 3.8) is 0 Å². The van der Waals surface area contributed by atoms with Crippen molar-refractivity contribution in [3.05, 3.63) is 35.1 Å². The minimum absolute atomic E-state index is 0.351. The summed E-state index contributed by atoms with van der Waals surface area (Å²) in [6, 6.07) is 3.45. The van der Waals surface area contributed by atoms with Gasteiger partial charge < -0.3 is 4.74 Å². The zero-order chi connectivity index (χ0) is 10.8. The normalized spacial score (nSPS) is 10.5. The van der Waals surface area contributed by atoms with E-state index in [2.05, 4.69) is 5.10 Å². The summed E-state index contributed by atoms with van der Waals surface area (Å²) in [5.74, 6) is -0.366. The van der Waals surface area contributed by atoms with Crippen molar-refractivity contribution in [2.24, 2.45) is 0 Å². The highest BCUT2D eigenvalue weighted by atomic mass is 35.5. The minimum atomic E-state index is -0.366. The summed E-state index contributed by atoms with van der Waals surface area (Å²) in [6.45, 7) is 2.12. The van der Waals surface area contributed by atoms with E-state index < -0.39 is 0 Å². The Labute approximate surface area is 91.4 Å². The Balaban J connectivity index is 2.49. The third-order valence-electron chi connectivity index (χ3n) is 1.98. The lowest BCUT2D eigenvalue weighted by molar-refractivity contribution is 0.0528. The molecule has 0 aliphatic rings. The highest BCUT2D eigenvalue weighted by Crippen LogP contribution is 2.15. The quantitative estimate of drug-likeness (QED) is 0.735. The maximum Gasteiger partial charge on any atom is 0.341 e. The molecule has 0 spiro atoms. The number of pyridine rings is 1. The van der Waals surface area contributed by atoms with Gasteiger partial charge in [-0.15, -0.1) is 0 Å². The van der Waals surface area contributed by atoms with Crippen LogP contribution >= 0.6 is 11.6 Å². The molecule has 4 nitrogen and oxygen atoms in total. The van der Waals surface area contributed by atoms with Crippen LogP contribution in [0.25, 0.3) is 5.52 Å². The molecule has 0 bridgehead atoms. The molecule has 0 N–H and O–H groups in total. The molecule has 0 aliphatic heterocycles. The fourth-order valence-electron chi connectivity index (χ4n) is 1.33. The molecule has 0 fully saturated rings. The molecular formula is C10H9ClN2O2. The van der Waals surface area contributed by atoms with E-state index in [0.717, 1.165) is 0 Å². The molecule has 0 saturated carbocycles. The number of aromatic nitrogens is 2. The number of ether oxygens (including phenoxy) is 1. The summed E-state index contributed by atoms with van der Waals surface area (Å²) in [4.78, 5) is 11.5. The van der Waals surface area contributed by atoms with Crippen molar-refractivity contribution >= 4 is 23.1 Å². The number of hydrogen-bond acceptors (Lipinski definition) is 3. The van der Waals surface area contributed by atoms with Gasteiger partial charge in [0.15, 0.2) is 0 Å². The van der Waals surface area contributed by atoms with Crippen LogP contribution in [-0.2, 0) is 4.74 Å². The Morgan fingerprint density at radius 1 is 1.60 bits per heavy atom. The maximum atomic E-state index is 11.5. The summed E-state index contributed by atoms with van der Waals surface area (Å²) < 4.78 is 6.45. The van der Waals surface area contributed by atoms with E-state index in [1.54, 1.807) is 29.8 Å². The Hall–Kier alpha value is -1.55. The summed E-state index contributed by atoms with van der Waals surface area (Å²) in [5, 5.41) is 4.58. The smallest absolute Gasteiger partial charge is 0.341 e. The van der Waals surface area contributed by atoms with E-state index in [-0.39, 0.29) is 5.97 Å². The first-order chi connectivity index (χ1) is 7.22.